The van der Waals surface area contributed by atoms with E-state index in [9.17, 15) is 12.8 Å². The number of aryl methyl sites for hydroxylation is 1. The second-order valence-electron chi connectivity index (χ2n) is 4.32. The minimum absolute atomic E-state index is 0.0411. The number of rotatable bonds is 4. The molecular weight excluding hydrogens is 281 g/mol. The summed E-state index contributed by atoms with van der Waals surface area (Å²) in [4.78, 5) is 3.63. The average Bonchev–Trinajstić information content (AvgIpc) is 2.37. The summed E-state index contributed by atoms with van der Waals surface area (Å²) in [6.45, 7) is 1.87. The lowest BCUT2D eigenvalue weighted by atomic mass is 10.2. The number of benzene rings is 1. The van der Waals surface area contributed by atoms with Gasteiger partial charge in [0.1, 0.15) is 10.7 Å². The Hall–Kier alpha value is -1.99. The molecule has 2 aromatic rings. The van der Waals surface area contributed by atoms with Gasteiger partial charge in [-0.15, -0.1) is 0 Å². The van der Waals surface area contributed by atoms with Crippen LogP contribution in [0.5, 0.6) is 0 Å². The number of halogens is 1. The van der Waals surface area contributed by atoms with Crippen LogP contribution in [0.4, 0.5) is 10.1 Å². The summed E-state index contributed by atoms with van der Waals surface area (Å²) in [5.41, 5.74) is 7.08. The van der Waals surface area contributed by atoms with Crippen LogP contribution in [0.3, 0.4) is 0 Å². The predicted molar refractivity (Wildman–Crippen MR) is 73.8 cm³/mol. The number of nitrogens with two attached hydrogens (primary N) is 1. The van der Waals surface area contributed by atoms with Crippen LogP contribution in [0.25, 0.3) is 0 Å². The molecule has 20 heavy (non-hydrogen) atoms. The molecule has 0 aliphatic heterocycles. The Morgan fingerprint density at radius 3 is 2.65 bits per heavy atom. The van der Waals surface area contributed by atoms with Gasteiger partial charge in [-0.1, -0.05) is 6.07 Å². The highest BCUT2D eigenvalue weighted by Crippen LogP contribution is 2.17. The van der Waals surface area contributed by atoms with Gasteiger partial charge in [0.2, 0.25) is 10.0 Å². The lowest BCUT2D eigenvalue weighted by molar-refractivity contribution is 0.557. The van der Waals surface area contributed by atoms with E-state index in [1.54, 1.807) is 18.3 Å². The summed E-state index contributed by atoms with van der Waals surface area (Å²) in [6, 6.07) is 6.98. The molecule has 1 aromatic heterocycles. The molecule has 0 spiro atoms. The van der Waals surface area contributed by atoms with Crippen molar-refractivity contribution in [2.45, 2.75) is 18.4 Å². The van der Waals surface area contributed by atoms with Crippen LogP contribution < -0.4 is 10.5 Å². The van der Waals surface area contributed by atoms with Crippen molar-refractivity contribution in [3.05, 3.63) is 53.6 Å². The van der Waals surface area contributed by atoms with Gasteiger partial charge in [-0.25, -0.2) is 17.5 Å². The smallest absolute Gasteiger partial charge is 0.243 e. The molecule has 0 atom stereocenters. The Morgan fingerprint density at radius 1 is 1.30 bits per heavy atom. The lowest BCUT2D eigenvalue weighted by Crippen LogP contribution is -2.24. The van der Waals surface area contributed by atoms with Gasteiger partial charge in [-0.2, -0.15) is 0 Å². The highest BCUT2D eigenvalue weighted by atomic mass is 32.2. The van der Waals surface area contributed by atoms with Crippen LogP contribution in [0.1, 0.15) is 11.3 Å². The first-order valence-electron chi connectivity index (χ1n) is 5.85. The average molecular weight is 295 g/mol. The van der Waals surface area contributed by atoms with Crippen LogP contribution in [0, 0.1) is 12.7 Å². The molecule has 0 radical (unpaired) electrons. The van der Waals surface area contributed by atoms with Crippen LogP contribution in [0.2, 0.25) is 0 Å². The fourth-order valence-electron chi connectivity index (χ4n) is 1.59. The Morgan fingerprint density at radius 2 is 2.05 bits per heavy atom. The molecule has 3 N–H and O–H groups in total. The first-order chi connectivity index (χ1) is 9.38. The summed E-state index contributed by atoms with van der Waals surface area (Å²) >= 11 is 0. The van der Waals surface area contributed by atoms with Crippen molar-refractivity contribution in [2.24, 2.45) is 0 Å². The predicted octanol–water partition coefficient (Wildman–Crippen LogP) is 1.59. The topological polar surface area (TPSA) is 85.1 Å². The Balaban J connectivity index is 2.17. The van der Waals surface area contributed by atoms with Gasteiger partial charge in [-0.05, 0) is 36.8 Å². The zero-order valence-electron chi connectivity index (χ0n) is 10.8. The van der Waals surface area contributed by atoms with Crippen LogP contribution in [0.15, 0.2) is 41.4 Å². The van der Waals surface area contributed by atoms with E-state index < -0.39 is 20.7 Å². The SMILES string of the molecule is Cc1ccc(CNS(=O)(=O)c2ccc(N)cc2F)cn1. The minimum atomic E-state index is -3.92. The number of pyridine rings is 1. The number of sulfonamides is 1. The van der Waals surface area contributed by atoms with E-state index in [0.717, 1.165) is 17.8 Å². The molecule has 0 aliphatic carbocycles. The quantitative estimate of drug-likeness (QED) is 0.839. The second-order valence-corrected chi connectivity index (χ2v) is 6.06. The van der Waals surface area contributed by atoms with Gasteiger partial charge in [0, 0.05) is 24.1 Å². The van der Waals surface area contributed by atoms with Crippen LogP contribution in [-0.2, 0) is 16.6 Å². The molecule has 0 fully saturated rings. The minimum Gasteiger partial charge on any atom is -0.399 e. The van der Waals surface area contributed by atoms with E-state index >= 15 is 0 Å². The molecule has 0 bridgehead atoms. The molecule has 0 saturated heterocycles. The number of nitrogens with zero attached hydrogens (tertiary/aromatic N) is 1. The highest BCUT2D eigenvalue weighted by Gasteiger charge is 2.18. The normalized spacial score (nSPS) is 11.5. The Kier molecular flexibility index (Phi) is 4.01. The maximum absolute atomic E-state index is 13.6. The number of hydrogen-bond donors (Lipinski definition) is 2. The van der Waals surface area contributed by atoms with E-state index in [-0.39, 0.29) is 12.2 Å². The van der Waals surface area contributed by atoms with E-state index in [1.165, 1.54) is 6.07 Å². The summed E-state index contributed by atoms with van der Waals surface area (Å²) < 4.78 is 39.9. The number of nitrogens with one attached hydrogen (secondary N) is 1. The second kappa shape index (κ2) is 5.56. The maximum atomic E-state index is 13.6. The number of aromatic nitrogens is 1. The molecule has 1 aromatic carbocycles. The van der Waals surface area contributed by atoms with Gasteiger partial charge in [0.25, 0.3) is 0 Å². The van der Waals surface area contributed by atoms with Gasteiger partial charge in [0.15, 0.2) is 0 Å². The van der Waals surface area contributed by atoms with Crippen molar-refractivity contribution in [1.29, 1.82) is 0 Å². The monoisotopic (exact) mass is 295 g/mol. The molecule has 0 aliphatic rings. The summed E-state index contributed by atoms with van der Waals surface area (Å²) in [5.74, 6) is -0.875. The largest absolute Gasteiger partial charge is 0.399 e. The number of hydrogen-bond acceptors (Lipinski definition) is 4. The van der Waals surface area contributed by atoms with Gasteiger partial charge in [-0.3, -0.25) is 4.98 Å². The fourth-order valence-corrected chi connectivity index (χ4v) is 2.67. The summed E-state index contributed by atoms with van der Waals surface area (Å²) in [7, 11) is -3.92. The molecule has 0 saturated carbocycles. The molecule has 0 amide bonds. The molecular formula is C13H14FN3O2S. The lowest BCUT2D eigenvalue weighted by Gasteiger charge is -2.08. The number of nitrogen functional groups attached to an aromatic ring is 1. The van der Waals surface area contributed by atoms with Gasteiger partial charge in [0.05, 0.1) is 0 Å². The first kappa shape index (κ1) is 14.4. The maximum Gasteiger partial charge on any atom is 0.243 e. The van der Waals surface area contributed by atoms with Crippen LogP contribution >= 0.6 is 0 Å². The standard InChI is InChI=1S/C13H14FN3O2S/c1-9-2-3-10(7-16-9)8-17-20(18,19)13-5-4-11(15)6-12(13)14/h2-7,17H,8,15H2,1H3. The third-order valence-electron chi connectivity index (χ3n) is 2.68. The summed E-state index contributed by atoms with van der Waals surface area (Å²) in [5, 5.41) is 0. The Labute approximate surface area is 116 Å². The summed E-state index contributed by atoms with van der Waals surface area (Å²) in [6.07, 6.45) is 1.57. The first-order valence-corrected chi connectivity index (χ1v) is 7.33. The Bertz CT molecular complexity index is 715. The molecule has 7 heteroatoms. The van der Waals surface area contributed by atoms with Crippen molar-refractivity contribution in [2.75, 3.05) is 5.73 Å². The molecule has 5 nitrogen and oxygen atoms in total. The van der Waals surface area contributed by atoms with E-state index in [0.29, 0.717) is 5.56 Å². The molecule has 2 rings (SSSR count). The van der Waals surface area contributed by atoms with Crippen molar-refractivity contribution in [3.8, 4) is 0 Å². The van der Waals surface area contributed by atoms with Crippen molar-refractivity contribution in [1.82, 2.24) is 9.71 Å². The van der Waals surface area contributed by atoms with Gasteiger partial charge >= 0.3 is 0 Å². The zero-order chi connectivity index (χ0) is 14.8. The molecule has 0 unspecified atom stereocenters. The van der Waals surface area contributed by atoms with E-state index in [4.69, 9.17) is 5.73 Å². The van der Waals surface area contributed by atoms with Crippen molar-refractivity contribution >= 4 is 15.7 Å². The fraction of sp³-hybridized carbons (Fsp3) is 0.154. The third-order valence-corrected chi connectivity index (χ3v) is 4.12. The van der Waals surface area contributed by atoms with E-state index in [2.05, 4.69) is 9.71 Å². The van der Waals surface area contributed by atoms with E-state index in [1.807, 2.05) is 6.92 Å². The van der Waals surface area contributed by atoms with Crippen molar-refractivity contribution in [3.63, 3.8) is 0 Å². The van der Waals surface area contributed by atoms with Crippen LogP contribution in [-0.4, -0.2) is 13.4 Å². The number of anilines is 1. The highest BCUT2D eigenvalue weighted by molar-refractivity contribution is 7.89. The van der Waals surface area contributed by atoms with Crippen molar-refractivity contribution < 1.29 is 12.8 Å². The molecule has 1 heterocycles. The third kappa shape index (κ3) is 3.31. The van der Waals surface area contributed by atoms with Gasteiger partial charge < -0.3 is 5.73 Å². The molecule has 106 valence electrons. The zero-order valence-corrected chi connectivity index (χ0v) is 11.6.